The number of hydrogen-bond donors (Lipinski definition) is 0. The molecule has 158 valence electrons. The van der Waals surface area contributed by atoms with Gasteiger partial charge in [0.05, 0.1) is 11.7 Å². The van der Waals surface area contributed by atoms with E-state index in [0.29, 0.717) is 13.1 Å². The average Bonchev–Trinajstić information content (AvgIpc) is 3.25. The van der Waals surface area contributed by atoms with Gasteiger partial charge in [-0.25, -0.2) is 0 Å². The van der Waals surface area contributed by atoms with E-state index in [1.165, 1.54) is 5.56 Å². The predicted octanol–water partition coefficient (Wildman–Crippen LogP) is 4.25. The maximum atomic E-state index is 13.3. The number of amides is 2. The second-order valence-electron chi connectivity index (χ2n) is 8.33. The molecule has 0 radical (unpaired) electrons. The Labute approximate surface area is 183 Å². The second-order valence-corrected chi connectivity index (χ2v) is 8.76. The summed E-state index contributed by atoms with van der Waals surface area (Å²) in [5, 5.41) is 0.731. The van der Waals surface area contributed by atoms with Crippen molar-refractivity contribution in [3.63, 3.8) is 0 Å². The first-order valence-corrected chi connectivity index (χ1v) is 11.2. The van der Waals surface area contributed by atoms with E-state index in [9.17, 15) is 9.59 Å². The number of carbonyl (C=O) groups is 2. The number of hydrogen-bond acceptors (Lipinski definition) is 3. The smallest absolute Gasteiger partial charge is 0.226 e. The number of carbonyl (C=O) groups excluding carboxylic acids is 2. The molecule has 5 nitrogen and oxygen atoms in total. The molecule has 3 heterocycles. The summed E-state index contributed by atoms with van der Waals surface area (Å²) in [5.74, 6) is 0.339. The molecule has 1 aromatic carbocycles. The zero-order chi connectivity index (χ0) is 21.1. The van der Waals surface area contributed by atoms with Gasteiger partial charge in [-0.1, -0.05) is 29.8 Å². The lowest BCUT2D eigenvalue weighted by Crippen LogP contribution is -2.43. The van der Waals surface area contributed by atoms with Gasteiger partial charge >= 0.3 is 0 Å². The van der Waals surface area contributed by atoms with Crippen molar-refractivity contribution in [2.24, 2.45) is 5.92 Å². The standard InChI is InChI=1S/C24H28ClN3O2/c1-17(29)27-14-11-19(12-15-27)24(30)28-13-3-6-23(28)22-5-2-4-21(26-22)16-18-7-9-20(25)10-8-18/h2,4-5,7-10,19,23H,3,6,11-16H2,1H3. The van der Waals surface area contributed by atoms with E-state index in [-0.39, 0.29) is 23.8 Å². The van der Waals surface area contributed by atoms with Crippen LogP contribution < -0.4 is 0 Å². The molecule has 1 aromatic heterocycles. The summed E-state index contributed by atoms with van der Waals surface area (Å²) >= 11 is 5.99. The minimum Gasteiger partial charge on any atom is -0.343 e. The lowest BCUT2D eigenvalue weighted by molar-refractivity contribution is -0.140. The van der Waals surface area contributed by atoms with Crippen LogP contribution in [0, 0.1) is 5.92 Å². The van der Waals surface area contributed by atoms with Crippen molar-refractivity contribution in [1.29, 1.82) is 0 Å². The summed E-state index contributed by atoms with van der Waals surface area (Å²) in [4.78, 5) is 33.6. The Bertz CT molecular complexity index is 907. The van der Waals surface area contributed by atoms with Crippen LogP contribution in [0.3, 0.4) is 0 Å². The number of halogens is 1. The number of likely N-dealkylation sites (tertiary alicyclic amines) is 2. The molecule has 0 spiro atoms. The van der Waals surface area contributed by atoms with Crippen LogP contribution in [0.1, 0.15) is 55.6 Å². The van der Waals surface area contributed by atoms with Gasteiger partial charge < -0.3 is 9.80 Å². The van der Waals surface area contributed by atoms with Crippen molar-refractivity contribution in [2.45, 2.75) is 45.1 Å². The zero-order valence-electron chi connectivity index (χ0n) is 17.4. The fourth-order valence-electron chi connectivity index (χ4n) is 4.61. The van der Waals surface area contributed by atoms with Gasteiger partial charge in [0.25, 0.3) is 0 Å². The van der Waals surface area contributed by atoms with E-state index in [2.05, 4.69) is 0 Å². The van der Waals surface area contributed by atoms with Crippen molar-refractivity contribution >= 4 is 23.4 Å². The normalized spacial score (nSPS) is 19.9. The lowest BCUT2D eigenvalue weighted by Gasteiger charge is -2.34. The van der Waals surface area contributed by atoms with Gasteiger partial charge in [-0.15, -0.1) is 0 Å². The van der Waals surface area contributed by atoms with Gasteiger partial charge in [-0.05, 0) is 55.5 Å². The average molecular weight is 426 g/mol. The molecule has 2 fully saturated rings. The van der Waals surface area contributed by atoms with Crippen LogP contribution in [-0.2, 0) is 16.0 Å². The quantitative estimate of drug-likeness (QED) is 0.735. The van der Waals surface area contributed by atoms with E-state index in [0.717, 1.165) is 55.1 Å². The highest BCUT2D eigenvalue weighted by molar-refractivity contribution is 6.30. The number of pyridine rings is 1. The van der Waals surface area contributed by atoms with E-state index in [1.807, 2.05) is 52.3 Å². The summed E-state index contributed by atoms with van der Waals surface area (Å²) in [5.41, 5.74) is 3.15. The van der Waals surface area contributed by atoms with Gasteiger partial charge in [0, 0.05) is 49.6 Å². The predicted molar refractivity (Wildman–Crippen MR) is 117 cm³/mol. The van der Waals surface area contributed by atoms with Crippen LogP contribution in [0.2, 0.25) is 5.02 Å². The Kier molecular flexibility index (Phi) is 6.38. The molecular weight excluding hydrogens is 398 g/mol. The molecule has 4 rings (SSSR count). The fourth-order valence-corrected chi connectivity index (χ4v) is 4.73. The van der Waals surface area contributed by atoms with Gasteiger partial charge in [-0.3, -0.25) is 14.6 Å². The summed E-state index contributed by atoms with van der Waals surface area (Å²) in [6, 6.07) is 14.0. The first-order chi connectivity index (χ1) is 14.5. The molecule has 2 aliphatic rings. The molecule has 0 bridgehead atoms. The molecule has 1 unspecified atom stereocenters. The third-order valence-corrected chi connectivity index (χ3v) is 6.55. The number of aromatic nitrogens is 1. The van der Waals surface area contributed by atoms with Crippen molar-refractivity contribution in [3.8, 4) is 0 Å². The topological polar surface area (TPSA) is 53.5 Å². The first kappa shape index (κ1) is 20.9. The molecule has 6 heteroatoms. The van der Waals surface area contributed by atoms with Crippen molar-refractivity contribution in [1.82, 2.24) is 14.8 Å². The highest BCUT2D eigenvalue weighted by Crippen LogP contribution is 2.34. The van der Waals surface area contributed by atoms with Gasteiger partial charge in [0.2, 0.25) is 11.8 Å². The highest BCUT2D eigenvalue weighted by Gasteiger charge is 2.36. The lowest BCUT2D eigenvalue weighted by atomic mass is 9.94. The molecule has 30 heavy (non-hydrogen) atoms. The zero-order valence-corrected chi connectivity index (χ0v) is 18.1. The van der Waals surface area contributed by atoms with Crippen LogP contribution in [0.4, 0.5) is 0 Å². The largest absolute Gasteiger partial charge is 0.343 e. The van der Waals surface area contributed by atoms with Crippen LogP contribution in [0.5, 0.6) is 0 Å². The molecule has 2 saturated heterocycles. The van der Waals surface area contributed by atoms with Crippen molar-refractivity contribution < 1.29 is 9.59 Å². The number of piperidine rings is 1. The van der Waals surface area contributed by atoms with Crippen LogP contribution >= 0.6 is 11.6 Å². The Morgan fingerprint density at radius 1 is 1.03 bits per heavy atom. The maximum absolute atomic E-state index is 13.3. The third kappa shape index (κ3) is 4.67. The van der Waals surface area contributed by atoms with Crippen LogP contribution in [-0.4, -0.2) is 46.2 Å². The van der Waals surface area contributed by atoms with Gasteiger partial charge in [0.15, 0.2) is 0 Å². The Morgan fingerprint density at radius 3 is 2.47 bits per heavy atom. The van der Waals surface area contributed by atoms with Crippen molar-refractivity contribution in [3.05, 3.63) is 64.4 Å². The van der Waals surface area contributed by atoms with E-state index in [4.69, 9.17) is 16.6 Å². The molecule has 2 aliphatic heterocycles. The molecule has 0 saturated carbocycles. The SMILES string of the molecule is CC(=O)N1CCC(C(=O)N2CCCC2c2cccc(Cc3ccc(Cl)cc3)n2)CC1. The fraction of sp³-hybridized carbons (Fsp3) is 0.458. The van der Waals surface area contributed by atoms with Crippen LogP contribution in [0.25, 0.3) is 0 Å². The summed E-state index contributed by atoms with van der Waals surface area (Å²) < 4.78 is 0. The minimum absolute atomic E-state index is 0.0125. The molecule has 1 atom stereocenters. The molecule has 0 N–H and O–H groups in total. The molecular formula is C24H28ClN3O2. The molecule has 0 aliphatic carbocycles. The maximum Gasteiger partial charge on any atom is 0.226 e. The Balaban J connectivity index is 1.45. The monoisotopic (exact) mass is 425 g/mol. The number of benzene rings is 1. The van der Waals surface area contributed by atoms with Crippen molar-refractivity contribution in [2.75, 3.05) is 19.6 Å². The summed E-state index contributed by atoms with van der Waals surface area (Å²) in [7, 11) is 0. The van der Waals surface area contributed by atoms with Gasteiger partial charge in [-0.2, -0.15) is 0 Å². The van der Waals surface area contributed by atoms with E-state index >= 15 is 0 Å². The molecule has 2 amide bonds. The Morgan fingerprint density at radius 2 is 1.77 bits per heavy atom. The van der Waals surface area contributed by atoms with E-state index < -0.39 is 0 Å². The number of nitrogens with zero attached hydrogens (tertiary/aromatic N) is 3. The second kappa shape index (κ2) is 9.17. The first-order valence-electron chi connectivity index (χ1n) is 10.8. The molecule has 2 aromatic rings. The highest BCUT2D eigenvalue weighted by atomic mass is 35.5. The van der Waals surface area contributed by atoms with E-state index in [1.54, 1.807) is 6.92 Å². The third-order valence-electron chi connectivity index (χ3n) is 6.29. The van der Waals surface area contributed by atoms with Crippen LogP contribution in [0.15, 0.2) is 42.5 Å². The van der Waals surface area contributed by atoms with Gasteiger partial charge in [0.1, 0.15) is 0 Å². The number of rotatable bonds is 4. The Hall–Kier alpha value is -2.40. The summed E-state index contributed by atoms with van der Waals surface area (Å²) in [6.45, 7) is 3.75. The minimum atomic E-state index is 0.0125. The summed E-state index contributed by atoms with van der Waals surface area (Å²) in [6.07, 6.45) is 4.22.